The van der Waals surface area contributed by atoms with E-state index in [1.54, 1.807) is 41.5 Å². The Kier molecular flexibility index (Phi) is 9.52. The first kappa shape index (κ1) is 36.1. The summed E-state index contributed by atoms with van der Waals surface area (Å²) in [5.41, 5.74) is -2.44. The molecular weight excluding hydrogens is 650 g/mol. The lowest BCUT2D eigenvalue weighted by Crippen LogP contribution is -2.60. The van der Waals surface area contributed by atoms with Crippen LogP contribution in [0.5, 0.6) is 5.88 Å². The number of carbonyl (C=O) groups excluding carboxylic acids is 4. The Bertz CT molecular complexity index is 1780. The van der Waals surface area contributed by atoms with E-state index < -0.39 is 79.7 Å². The van der Waals surface area contributed by atoms with Crippen LogP contribution in [-0.4, -0.2) is 83.2 Å². The molecule has 1 aromatic carbocycles. The Morgan fingerprint density at radius 2 is 1.78 bits per heavy atom. The Balaban J connectivity index is 1.45. The number of aryl methyl sites for hydroxylation is 1. The smallest absolute Gasteiger partial charge is 0.408 e. The molecule has 2 saturated carbocycles. The van der Waals surface area contributed by atoms with Gasteiger partial charge >= 0.3 is 6.09 Å². The molecule has 0 spiro atoms. The molecule has 0 radical (unpaired) electrons. The predicted molar refractivity (Wildman–Crippen MR) is 183 cm³/mol. The Labute approximate surface area is 287 Å². The van der Waals surface area contributed by atoms with Crippen molar-refractivity contribution in [2.75, 3.05) is 6.54 Å². The fraction of sp³-hybridized carbons (Fsp3) is 0.571. The zero-order valence-corrected chi connectivity index (χ0v) is 30.0. The first-order chi connectivity index (χ1) is 22.7. The van der Waals surface area contributed by atoms with Crippen molar-refractivity contribution in [3.63, 3.8) is 0 Å². The molecule has 5 atom stereocenters. The van der Waals surface area contributed by atoms with Crippen LogP contribution in [0.15, 0.2) is 43.0 Å². The van der Waals surface area contributed by atoms with E-state index in [0.29, 0.717) is 18.7 Å². The number of hydrogen-bond acceptors (Lipinski definition) is 9. The van der Waals surface area contributed by atoms with E-state index in [1.807, 2.05) is 37.3 Å². The molecule has 2 aliphatic carbocycles. The summed E-state index contributed by atoms with van der Waals surface area (Å²) < 4.78 is 39.3. The van der Waals surface area contributed by atoms with Gasteiger partial charge in [-0.15, -0.1) is 6.58 Å². The summed E-state index contributed by atoms with van der Waals surface area (Å²) >= 11 is 0. The van der Waals surface area contributed by atoms with Crippen LogP contribution in [-0.2, 0) is 29.1 Å². The van der Waals surface area contributed by atoms with Gasteiger partial charge < -0.3 is 25.0 Å². The van der Waals surface area contributed by atoms with Crippen molar-refractivity contribution in [1.82, 2.24) is 25.2 Å². The molecule has 13 nitrogen and oxygen atoms in total. The van der Waals surface area contributed by atoms with Gasteiger partial charge in [0.15, 0.2) is 0 Å². The van der Waals surface area contributed by atoms with Gasteiger partial charge in [0.2, 0.25) is 27.7 Å². The van der Waals surface area contributed by atoms with Gasteiger partial charge in [-0.25, -0.2) is 18.2 Å². The molecule has 4 amide bonds. The van der Waals surface area contributed by atoms with Gasteiger partial charge in [0.05, 0.1) is 11.8 Å². The highest BCUT2D eigenvalue weighted by molar-refractivity contribution is 7.91. The molecule has 3 aliphatic rings. The molecule has 5 rings (SSSR count). The minimum absolute atomic E-state index is 0.0242. The molecular formula is C35H47N5O8S. The van der Waals surface area contributed by atoms with Gasteiger partial charge in [0.25, 0.3) is 5.91 Å². The minimum atomic E-state index is -3.89. The third kappa shape index (κ3) is 8.00. The topological polar surface area (TPSA) is 173 Å². The predicted octanol–water partition coefficient (Wildman–Crippen LogP) is 3.50. The number of fused-ring (bicyclic) bond motifs is 1. The van der Waals surface area contributed by atoms with E-state index in [2.05, 4.69) is 26.9 Å². The number of rotatable bonds is 10. The fourth-order valence-corrected chi connectivity index (χ4v) is 7.54. The highest BCUT2D eigenvalue weighted by Gasteiger charge is 2.62. The van der Waals surface area contributed by atoms with E-state index in [4.69, 9.17) is 9.47 Å². The van der Waals surface area contributed by atoms with Gasteiger partial charge in [0, 0.05) is 23.4 Å². The lowest BCUT2D eigenvalue weighted by Gasteiger charge is -2.36. The molecule has 2 heterocycles. The number of nitrogens with one attached hydrogen (secondary N) is 3. The molecule has 2 aromatic rings. The lowest BCUT2D eigenvalue weighted by molar-refractivity contribution is -0.143. The summed E-state index contributed by atoms with van der Waals surface area (Å²) in [5.74, 6) is -2.20. The Morgan fingerprint density at radius 1 is 1.10 bits per heavy atom. The quantitative estimate of drug-likeness (QED) is 0.314. The van der Waals surface area contributed by atoms with E-state index in [0.717, 1.165) is 16.5 Å². The molecule has 14 heteroatoms. The normalized spacial score (nSPS) is 24.5. The number of hydrogen-bond donors (Lipinski definition) is 3. The van der Waals surface area contributed by atoms with E-state index in [-0.39, 0.29) is 19.4 Å². The van der Waals surface area contributed by atoms with E-state index >= 15 is 0 Å². The molecule has 1 aromatic heterocycles. The van der Waals surface area contributed by atoms with Crippen LogP contribution in [0.2, 0.25) is 0 Å². The van der Waals surface area contributed by atoms with Gasteiger partial charge in [-0.1, -0.05) is 45.0 Å². The van der Waals surface area contributed by atoms with E-state index in [9.17, 15) is 27.6 Å². The summed E-state index contributed by atoms with van der Waals surface area (Å²) in [7, 11) is -3.89. The van der Waals surface area contributed by atoms with Crippen molar-refractivity contribution in [3.05, 3.63) is 48.7 Å². The molecule has 266 valence electrons. The maximum Gasteiger partial charge on any atom is 0.408 e. The number of carbonyl (C=O) groups is 4. The van der Waals surface area contributed by atoms with Crippen molar-refractivity contribution in [1.29, 1.82) is 0 Å². The third-order valence-electron chi connectivity index (χ3n) is 8.98. The molecule has 1 aliphatic heterocycles. The highest BCUT2D eigenvalue weighted by Crippen LogP contribution is 2.45. The number of likely N-dealkylation sites (tertiary alicyclic amines) is 1. The number of amides is 4. The van der Waals surface area contributed by atoms with Crippen LogP contribution in [0.3, 0.4) is 0 Å². The van der Waals surface area contributed by atoms with Gasteiger partial charge in [-0.3, -0.25) is 19.1 Å². The van der Waals surface area contributed by atoms with Crippen molar-refractivity contribution >= 4 is 44.6 Å². The zero-order valence-electron chi connectivity index (χ0n) is 29.2. The zero-order chi connectivity index (χ0) is 36.1. The lowest BCUT2D eigenvalue weighted by atomic mass is 9.85. The number of ether oxygens (including phenoxy) is 2. The summed E-state index contributed by atoms with van der Waals surface area (Å²) in [6.07, 6.45) is 1.15. The molecule has 0 bridgehead atoms. The summed E-state index contributed by atoms with van der Waals surface area (Å²) in [6.45, 7) is 16.1. The third-order valence-corrected chi connectivity index (χ3v) is 10.8. The maximum absolute atomic E-state index is 14.4. The Hall–Kier alpha value is -4.20. The number of pyridine rings is 1. The summed E-state index contributed by atoms with van der Waals surface area (Å²) in [6, 6.07) is 7.28. The number of benzene rings is 1. The second kappa shape index (κ2) is 12.9. The molecule has 3 fully saturated rings. The van der Waals surface area contributed by atoms with Crippen LogP contribution in [0.1, 0.15) is 72.9 Å². The average Bonchev–Trinajstić information content (AvgIpc) is 3.91. The molecule has 1 saturated heterocycles. The van der Waals surface area contributed by atoms with Gasteiger partial charge in [-0.2, -0.15) is 0 Å². The monoisotopic (exact) mass is 697 g/mol. The minimum Gasteiger partial charge on any atom is -0.472 e. The highest BCUT2D eigenvalue weighted by atomic mass is 32.2. The summed E-state index contributed by atoms with van der Waals surface area (Å²) in [4.78, 5) is 60.9. The van der Waals surface area contributed by atoms with Crippen molar-refractivity contribution in [3.8, 4) is 5.88 Å². The first-order valence-electron chi connectivity index (χ1n) is 16.6. The van der Waals surface area contributed by atoms with Crippen molar-refractivity contribution in [2.45, 2.75) is 109 Å². The maximum atomic E-state index is 14.4. The Morgan fingerprint density at radius 3 is 2.37 bits per heavy atom. The summed E-state index contributed by atoms with van der Waals surface area (Å²) in [5, 5.41) is 6.53. The molecule has 49 heavy (non-hydrogen) atoms. The standard InChI is InChI=1S/C35H47N5O8S/c1-9-22-18-35(22,31(43)39-49(45,46)24-14-15-24)38-28(41)26-17-23(47-29-25-13-11-10-12-21(25)16-20(2)36-29)19-40(26)30(42)27(33(3,4)5)37-32(44)48-34(6,7)8/h9-13,16,22-24,26-27H,1,14-15,17-19H2,2-8H3,(H,37,44)(H,38,41)(H,39,43)/t22-,23-,26+,27-,35-/m1/s1. The number of alkyl carbamates (subject to hydrolysis) is 1. The first-order valence-corrected chi connectivity index (χ1v) is 18.1. The van der Waals surface area contributed by atoms with Gasteiger partial charge in [0.1, 0.15) is 29.3 Å². The second-order valence-corrected chi connectivity index (χ2v) is 17.4. The molecule has 3 N–H and O–H groups in total. The molecule has 0 unspecified atom stereocenters. The SMILES string of the molecule is C=C[C@@H]1C[C@]1(NC(=O)[C@@H]1C[C@@H](Oc2nc(C)cc3ccccc23)CN1C(=O)[C@@H](NC(=O)OC(C)(C)C)C(C)(C)C)C(=O)NS(=O)(=O)C1CC1. The van der Waals surface area contributed by atoms with Crippen molar-refractivity contribution in [2.24, 2.45) is 11.3 Å². The van der Waals surface area contributed by atoms with Crippen molar-refractivity contribution < 1.29 is 37.1 Å². The fourth-order valence-electron chi connectivity index (χ4n) is 6.18. The number of sulfonamides is 1. The van der Waals surface area contributed by atoms with E-state index in [1.165, 1.54) is 11.0 Å². The number of aromatic nitrogens is 1. The van der Waals surface area contributed by atoms with Crippen LogP contribution >= 0.6 is 0 Å². The van der Waals surface area contributed by atoms with Gasteiger partial charge in [-0.05, 0) is 69.9 Å². The average molecular weight is 698 g/mol. The van der Waals surface area contributed by atoms with Crippen LogP contribution in [0.25, 0.3) is 10.8 Å². The number of nitrogens with zero attached hydrogens (tertiary/aromatic N) is 2. The van der Waals surface area contributed by atoms with Crippen LogP contribution < -0.4 is 20.1 Å². The largest absolute Gasteiger partial charge is 0.472 e. The van der Waals surface area contributed by atoms with Crippen LogP contribution in [0, 0.1) is 18.3 Å². The van der Waals surface area contributed by atoms with Crippen LogP contribution in [0.4, 0.5) is 4.79 Å². The second-order valence-electron chi connectivity index (χ2n) is 15.4.